The molecule has 0 saturated carbocycles. The predicted octanol–water partition coefficient (Wildman–Crippen LogP) is 6.85. The van der Waals surface area contributed by atoms with Crippen molar-refractivity contribution in [2.75, 3.05) is 0 Å². The Morgan fingerprint density at radius 2 is 1.41 bits per heavy atom. The molecule has 0 fully saturated rings. The average Bonchev–Trinajstić information content (AvgIpc) is 2.66. The third kappa shape index (κ3) is 5.23. The molecule has 0 bridgehead atoms. The van der Waals surface area contributed by atoms with E-state index in [0.717, 1.165) is 17.7 Å². The average molecular weight is 429 g/mol. The molecule has 0 aliphatic carbocycles. The fourth-order valence-electron chi connectivity index (χ4n) is 2.56. The van der Waals surface area contributed by atoms with Gasteiger partial charge in [-0.2, -0.15) is 26.3 Å². The van der Waals surface area contributed by atoms with Crippen molar-refractivity contribution in [3.8, 4) is 5.75 Å². The highest BCUT2D eigenvalue weighted by molar-refractivity contribution is 7.99. The summed E-state index contributed by atoms with van der Waals surface area (Å²) in [4.78, 5) is 3.60. The van der Waals surface area contributed by atoms with Gasteiger partial charge in [0.1, 0.15) is 12.4 Å². The molecule has 0 spiro atoms. The van der Waals surface area contributed by atoms with Gasteiger partial charge in [0.05, 0.1) is 16.0 Å². The fraction of sp³-hybridized carbons (Fsp3) is 0.150. The highest BCUT2D eigenvalue weighted by Crippen LogP contribution is 2.47. The van der Waals surface area contributed by atoms with Crippen molar-refractivity contribution in [2.45, 2.75) is 28.8 Å². The third-order valence-electron chi connectivity index (χ3n) is 3.83. The Hall–Kier alpha value is -2.68. The summed E-state index contributed by atoms with van der Waals surface area (Å²) in [6.45, 7) is 0.134. The fourth-order valence-corrected chi connectivity index (χ4v) is 3.64. The normalized spacial score (nSPS) is 12.1. The molecule has 1 aromatic heterocycles. The van der Waals surface area contributed by atoms with Crippen LogP contribution in [0.4, 0.5) is 26.3 Å². The molecule has 0 aliphatic rings. The van der Waals surface area contributed by atoms with Crippen LogP contribution in [0.15, 0.2) is 76.8 Å². The lowest BCUT2D eigenvalue weighted by Gasteiger charge is -2.19. The standard InChI is InChI=1S/C20H13F6NOS/c21-19(22,23)14-4-3-7-17(18(14)20(24,25)26)29-16-6-2-1-5-15(16)28-12-13-8-10-27-11-9-13/h1-11H,12H2. The van der Waals surface area contributed by atoms with E-state index in [1.165, 1.54) is 6.07 Å². The Morgan fingerprint density at radius 1 is 0.759 bits per heavy atom. The van der Waals surface area contributed by atoms with Crippen molar-refractivity contribution < 1.29 is 31.1 Å². The number of para-hydroxylation sites is 1. The van der Waals surface area contributed by atoms with E-state index < -0.39 is 28.4 Å². The molecule has 0 amide bonds. The Labute approximate surface area is 166 Å². The van der Waals surface area contributed by atoms with E-state index in [2.05, 4.69) is 4.98 Å². The van der Waals surface area contributed by atoms with E-state index >= 15 is 0 Å². The molecule has 3 aromatic rings. The Balaban J connectivity index is 1.95. The number of pyridine rings is 1. The van der Waals surface area contributed by atoms with Crippen LogP contribution in [-0.4, -0.2) is 4.98 Å². The van der Waals surface area contributed by atoms with Crippen LogP contribution >= 0.6 is 11.8 Å². The zero-order valence-electron chi connectivity index (χ0n) is 14.6. The molecule has 2 nitrogen and oxygen atoms in total. The summed E-state index contributed by atoms with van der Waals surface area (Å²) in [5.41, 5.74) is -2.64. The summed E-state index contributed by atoms with van der Waals surface area (Å²) < 4.78 is 85.5. The van der Waals surface area contributed by atoms with Crippen LogP contribution in [-0.2, 0) is 19.0 Å². The van der Waals surface area contributed by atoms with Crippen LogP contribution in [0, 0.1) is 0 Å². The van der Waals surface area contributed by atoms with Crippen LogP contribution in [0.2, 0.25) is 0 Å². The van der Waals surface area contributed by atoms with Crippen LogP contribution in [0.3, 0.4) is 0 Å². The number of ether oxygens (including phenoxy) is 1. The molecule has 0 N–H and O–H groups in total. The second-order valence-electron chi connectivity index (χ2n) is 5.87. The summed E-state index contributed by atoms with van der Waals surface area (Å²) in [6, 6.07) is 12.1. The van der Waals surface area contributed by atoms with Crippen molar-refractivity contribution in [1.29, 1.82) is 0 Å². The highest BCUT2D eigenvalue weighted by Gasteiger charge is 2.44. The van der Waals surface area contributed by atoms with Gasteiger partial charge in [0.15, 0.2) is 0 Å². The predicted molar refractivity (Wildman–Crippen MR) is 95.6 cm³/mol. The molecule has 0 saturated heterocycles. The monoisotopic (exact) mass is 429 g/mol. The van der Waals surface area contributed by atoms with Gasteiger partial charge in [0, 0.05) is 17.3 Å². The maximum Gasteiger partial charge on any atom is 0.418 e. The van der Waals surface area contributed by atoms with Gasteiger partial charge in [-0.05, 0) is 42.0 Å². The first-order valence-electron chi connectivity index (χ1n) is 8.22. The van der Waals surface area contributed by atoms with Gasteiger partial charge >= 0.3 is 12.4 Å². The molecular weight excluding hydrogens is 416 g/mol. The molecule has 1 heterocycles. The van der Waals surface area contributed by atoms with E-state index in [-0.39, 0.29) is 17.3 Å². The Morgan fingerprint density at radius 3 is 2.07 bits per heavy atom. The SMILES string of the molecule is FC(F)(F)c1cccc(Sc2ccccc2OCc2ccncc2)c1C(F)(F)F. The zero-order valence-corrected chi connectivity index (χ0v) is 15.4. The number of halogens is 6. The Bertz CT molecular complexity index is 973. The van der Waals surface area contributed by atoms with E-state index in [1.807, 2.05) is 0 Å². The van der Waals surface area contributed by atoms with Crippen molar-refractivity contribution in [2.24, 2.45) is 0 Å². The molecule has 3 rings (SSSR count). The molecule has 0 aliphatic heterocycles. The first kappa shape index (κ1) is 21.0. The van der Waals surface area contributed by atoms with Gasteiger partial charge in [-0.1, -0.05) is 30.0 Å². The first-order chi connectivity index (χ1) is 13.7. The van der Waals surface area contributed by atoms with Crippen molar-refractivity contribution in [1.82, 2.24) is 4.98 Å². The molecule has 29 heavy (non-hydrogen) atoms. The van der Waals surface area contributed by atoms with Crippen molar-refractivity contribution in [3.63, 3.8) is 0 Å². The van der Waals surface area contributed by atoms with E-state index in [4.69, 9.17) is 4.74 Å². The number of aromatic nitrogens is 1. The van der Waals surface area contributed by atoms with Gasteiger partial charge in [-0.3, -0.25) is 4.98 Å². The quantitative estimate of drug-likeness (QED) is 0.414. The molecular formula is C20H13F6NOS. The van der Waals surface area contributed by atoms with Crippen LogP contribution in [0.1, 0.15) is 16.7 Å². The van der Waals surface area contributed by atoms with Crippen molar-refractivity contribution in [3.05, 3.63) is 83.7 Å². The molecule has 152 valence electrons. The summed E-state index contributed by atoms with van der Waals surface area (Å²) in [5.74, 6) is 0.264. The van der Waals surface area contributed by atoms with Gasteiger partial charge in [0.25, 0.3) is 0 Å². The maximum atomic E-state index is 13.5. The minimum absolute atomic E-state index is 0.134. The minimum Gasteiger partial charge on any atom is -0.488 e. The molecule has 0 unspecified atom stereocenters. The summed E-state index contributed by atoms with van der Waals surface area (Å²) in [5, 5.41) is 0. The van der Waals surface area contributed by atoms with Gasteiger partial charge in [0.2, 0.25) is 0 Å². The molecule has 2 aromatic carbocycles. The molecule has 9 heteroatoms. The number of nitrogens with zero attached hydrogens (tertiary/aromatic N) is 1. The number of hydrogen-bond acceptors (Lipinski definition) is 3. The smallest absolute Gasteiger partial charge is 0.418 e. The summed E-state index contributed by atoms with van der Waals surface area (Å²) in [7, 11) is 0. The summed E-state index contributed by atoms with van der Waals surface area (Å²) in [6.07, 6.45) is -7.16. The lowest BCUT2D eigenvalue weighted by atomic mass is 10.1. The topological polar surface area (TPSA) is 22.1 Å². The van der Waals surface area contributed by atoms with E-state index in [0.29, 0.717) is 17.8 Å². The number of alkyl halides is 6. The number of benzene rings is 2. The third-order valence-corrected chi connectivity index (χ3v) is 4.95. The zero-order chi connectivity index (χ0) is 21.1. The molecule has 0 atom stereocenters. The first-order valence-corrected chi connectivity index (χ1v) is 9.04. The largest absolute Gasteiger partial charge is 0.488 e. The maximum absolute atomic E-state index is 13.5. The highest BCUT2D eigenvalue weighted by atomic mass is 32.2. The lowest BCUT2D eigenvalue weighted by molar-refractivity contribution is -0.163. The van der Waals surface area contributed by atoms with Gasteiger partial charge in [-0.15, -0.1) is 0 Å². The van der Waals surface area contributed by atoms with Crippen LogP contribution < -0.4 is 4.74 Å². The molecule has 0 radical (unpaired) electrons. The van der Waals surface area contributed by atoms with Gasteiger partial charge in [-0.25, -0.2) is 0 Å². The lowest BCUT2D eigenvalue weighted by Crippen LogP contribution is -2.17. The second kappa shape index (κ2) is 8.36. The van der Waals surface area contributed by atoms with Crippen molar-refractivity contribution >= 4 is 11.8 Å². The Kier molecular flexibility index (Phi) is 6.07. The van der Waals surface area contributed by atoms with Crippen LogP contribution in [0.25, 0.3) is 0 Å². The number of hydrogen-bond donors (Lipinski definition) is 0. The van der Waals surface area contributed by atoms with E-state index in [1.54, 1.807) is 42.7 Å². The summed E-state index contributed by atoms with van der Waals surface area (Å²) >= 11 is 0.576. The second-order valence-corrected chi connectivity index (χ2v) is 6.95. The number of rotatable bonds is 5. The van der Waals surface area contributed by atoms with Crippen LogP contribution in [0.5, 0.6) is 5.75 Å². The minimum atomic E-state index is -5.17. The van der Waals surface area contributed by atoms with Gasteiger partial charge < -0.3 is 4.74 Å². The van der Waals surface area contributed by atoms with E-state index in [9.17, 15) is 26.3 Å².